The number of urea groups is 1. The lowest BCUT2D eigenvalue weighted by atomic mass is 10.1. The second-order valence-corrected chi connectivity index (χ2v) is 7.06. The number of hydrogen-bond donors (Lipinski definition) is 1. The highest BCUT2D eigenvalue weighted by Crippen LogP contribution is 2.26. The zero-order chi connectivity index (χ0) is 20.5. The van der Waals surface area contributed by atoms with Gasteiger partial charge in [-0.1, -0.05) is 15.9 Å². The van der Waals surface area contributed by atoms with Gasteiger partial charge in [0, 0.05) is 10.0 Å². The standard InChI is InChI=1S/C21H12BrFN2O4/c22-13-3-7-15(8-4-13)25-20(27)17(19(26)24-21(25)28)11-16-9-10-18(29-16)12-1-5-14(23)6-2-12/h1-11H,(H,24,26,28)/b17-11-. The van der Waals surface area contributed by atoms with Crippen LogP contribution in [0.4, 0.5) is 14.9 Å². The molecule has 0 unspecified atom stereocenters. The molecule has 29 heavy (non-hydrogen) atoms. The van der Waals surface area contributed by atoms with Gasteiger partial charge in [-0.15, -0.1) is 0 Å². The van der Waals surface area contributed by atoms with Crippen molar-refractivity contribution in [1.29, 1.82) is 0 Å². The molecule has 4 amide bonds. The van der Waals surface area contributed by atoms with Gasteiger partial charge in [0.25, 0.3) is 11.8 Å². The maximum atomic E-state index is 13.1. The predicted octanol–water partition coefficient (Wildman–Crippen LogP) is 4.51. The van der Waals surface area contributed by atoms with Crippen LogP contribution in [0.3, 0.4) is 0 Å². The van der Waals surface area contributed by atoms with Crippen LogP contribution < -0.4 is 10.2 Å². The van der Waals surface area contributed by atoms with Crippen LogP contribution in [0.2, 0.25) is 0 Å². The van der Waals surface area contributed by atoms with Gasteiger partial charge in [-0.2, -0.15) is 0 Å². The van der Waals surface area contributed by atoms with Gasteiger partial charge in [0.15, 0.2) is 0 Å². The van der Waals surface area contributed by atoms with Crippen LogP contribution in [-0.4, -0.2) is 17.8 Å². The van der Waals surface area contributed by atoms with E-state index in [4.69, 9.17) is 4.42 Å². The van der Waals surface area contributed by atoms with Gasteiger partial charge >= 0.3 is 6.03 Å². The highest BCUT2D eigenvalue weighted by atomic mass is 79.9. The fourth-order valence-electron chi connectivity index (χ4n) is 2.82. The number of anilines is 1. The molecule has 4 rings (SSSR count). The molecule has 1 aromatic heterocycles. The summed E-state index contributed by atoms with van der Waals surface area (Å²) in [6, 6.07) is 14.6. The molecule has 0 radical (unpaired) electrons. The minimum absolute atomic E-state index is 0.243. The lowest BCUT2D eigenvalue weighted by Gasteiger charge is -2.26. The van der Waals surface area contributed by atoms with Crippen LogP contribution in [0.15, 0.2) is 75.1 Å². The van der Waals surface area contributed by atoms with Crippen molar-refractivity contribution in [3.8, 4) is 11.3 Å². The fraction of sp³-hybridized carbons (Fsp3) is 0. The van der Waals surface area contributed by atoms with Crippen molar-refractivity contribution in [1.82, 2.24) is 5.32 Å². The monoisotopic (exact) mass is 454 g/mol. The summed E-state index contributed by atoms with van der Waals surface area (Å²) in [7, 11) is 0. The average Bonchev–Trinajstić information content (AvgIpc) is 3.16. The molecule has 2 heterocycles. The lowest BCUT2D eigenvalue weighted by molar-refractivity contribution is -0.122. The van der Waals surface area contributed by atoms with Crippen molar-refractivity contribution in [2.24, 2.45) is 0 Å². The number of furan rings is 1. The first kappa shape index (κ1) is 18.8. The van der Waals surface area contributed by atoms with Gasteiger partial charge in [0.05, 0.1) is 5.69 Å². The number of amides is 4. The molecule has 144 valence electrons. The topological polar surface area (TPSA) is 79.6 Å². The number of benzene rings is 2. The normalized spacial score (nSPS) is 15.7. The van der Waals surface area contributed by atoms with Crippen molar-refractivity contribution in [3.63, 3.8) is 0 Å². The first-order valence-corrected chi connectivity index (χ1v) is 9.24. The molecular formula is C21H12BrFN2O4. The summed E-state index contributed by atoms with van der Waals surface area (Å²) in [5, 5.41) is 2.15. The van der Waals surface area contributed by atoms with Crippen molar-refractivity contribution >= 4 is 45.5 Å². The highest BCUT2D eigenvalue weighted by Gasteiger charge is 2.37. The molecule has 1 aliphatic rings. The maximum absolute atomic E-state index is 13.1. The van der Waals surface area contributed by atoms with E-state index >= 15 is 0 Å². The number of imide groups is 2. The zero-order valence-electron chi connectivity index (χ0n) is 14.7. The molecular weight excluding hydrogens is 443 g/mol. The van der Waals surface area contributed by atoms with E-state index in [1.807, 2.05) is 0 Å². The Balaban J connectivity index is 1.66. The van der Waals surface area contributed by atoms with E-state index in [1.54, 1.807) is 48.5 Å². The summed E-state index contributed by atoms with van der Waals surface area (Å²) in [5.74, 6) is -1.26. The Morgan fingerprint density at radius 2 is 1.62 bits per heavy atom. The molecule has 1 saturated heterocycles. The lowest BCUT2D eigenvalue weighted by Crippen LogP contribution is -2.54. The molecule has 0 bridgehead atoms. The number of rotatable bonds is 3. The van der Waals surface area contributed by atoms with E-state index in [0.717, 1.165) is 9.37 Å². The second-order valence-electron chi connectivity index (χ2n) is 6.14. The largest absolute Gasteiger partial charge is 0.457 e. The molecule has 1 N–H and O–H groups in total. The molecule has 0 spiro atoms. The Hall–Kier alpha value is -3.52. The first-order valence-electron chi connectivity index (χ1n) is 8.45. The molecule has 0 atom stereocenters. The summed E-state index contributed by atoms with van der Waals surface area (Å²) in [5.41, 5.74) is 0.718. The molecule has 2 aromatic carbocycles. The number of hydrogen-bond acceptors (Lipinski definition) is 4. The summed E-state index contributed by atoms with van der Waals surface area (Å²) in [6.45, 7) is 0. The van der Waals surface area contributed by atoms with E-state index in [1.165, 1.54) is 18.2 Å². The van der Waals surface area contributed by atoms with E-state index in [0.29, 0.717) is 17.0 Å². The molecule has 0 saturated carbocycles. The van der Waals surface area contributed by atoms with E-state index < -0.39 is 17.8 Å². The summed E-state index contributed by atoms with van der Waals surface area (Å²) in [6.07, 6.45) is 1.27. The Labute approximate surface area is 172 Å². The molecule has 8 heteroatoms. The van der Waals surface area contributed by atoms with Gasteiger partial charge in [0.1, 0.15) is 22.9 Å². The van der Waals surface area contributed by atoms with Gasteiger partial charge in [0.2, 0.25) is 0 Å². The SMILES string of the molecule is O=C1NC(=O)N(c2ccc(Br)cc2)C(=O)/C1=C\c1ccc(-c2ccc(F)cc2)o1. The third-order valence-corrected chi connectivity index (χ3v) is 4.76. The molecule has 1 aliphatic heterocycles. The third kappa shape index (κ3) is 3.74. The van der Waals surface area contributed by atoms with Crippen LogP contribution in [0.5, 0.6) is 0 Å². The van der Waals surface area contributed by atoms with Gasteiger partial charge in [-0.25, -0.2) is 14.1 Å². The van der Waals surface area contributed by atoms with E-state index in [-0.39, 0.29) is 17.2 Å². The van der Waals surface area contributed by atoms with Crippen molar-refractivity contribution in [2.45, 2.75) is 0 Å². The van der Waals surface area contributed by atoms with Crippen LogP contribution in [0.1, 0.15) is 5.76 Å². The van der Waals surface area contributed by atoms with Crippen molar-refractivity contribution in [3.05, 3.63) is 82.3 Å². The number of nitrogens with zero attached hydrogens (tertiary/aromatic N) is 1. The Morgan fingerprint density at radius 3 is 2.31 bits per heavy atom. The van der Waals surface area contributed by atoms with E-state index in [9.17, 15) is 18.8 Å². The van der Waals surface area contributed by atoms with Crippen LogP contribution >= 0.6 is 15.9 Å². The quantitative estimate of drug-likeness (QED) is 0.466. The first-order chi connectivity index (χ1) is 13.9. The van der Waals surface area contributed by atoms with Gasteiger partial charge < -0.3 is 4.42 Å². The second kappa shape index (κ2) is 7.48. The minimum atomic E-state index is -0.828. The van der Waals surface area contributed by atoms with Crippen LogP contribution in [0.25, 0.3) is 17.4 Å². The van der Waals surface area contributed by atoms with Crippen LogP contribution in [0, 0.1) is 5.82 Å². The molecule has 1 fully saturated rings. The number of barbiturate groups is 1. The van der Waals surface area contributed by atoms with Crippen LogP contribution in [-0.2, 0) is 9.59 Å². The molecule has 3 aromatic rings. The Kier molecular flexibility index (Phi) is 4.85. The number of halogens is 2. The summed E-state index contributed by atoms with van der Waals surface area (Å²) in [4.78, 5) is 38.1. The number of nitrogens with one attached hydrogen (secondary N) is 1. The van der Waals surface area contributed by atoms with E-state index in [2.05, 4.69) is 21.2 Å². The van der Waals surface area contributed by atoms with Crippen molar-refractivity contribution < 1.29 is 23.2 Å². The predicted molar refractivity (Wildman–Crippen MR) is 107 cm³/mol. The van der Waals surface area contributed by atoms with Crippen molar-refractivity contribution in [2.75, 3.05) is 4.90 Å². The van der Waals surface area contributed by atoms with Gasteiger partial charge in [-0.3, -0.25) is 14.9 Å². The fourth-order valence-corrected chi connectivity index (χ4v) is 3.09. The number of carbonyl (C=O) groups is 3. The Morgan fingerprint density at radius 1 is 0.931 bits per heavy atom. The highest BCUT2D eigenvalue weighted by molar-refractivity contribution is 9.10. The average molecular weight is 455 g/mol. The summed E-state index contributed by atoms with van der Waals surface area (Å²) < 4.78 is 19.5. The van der Waals surface area contributed by atoms with Gasteiger partial charge in [-0.05, 0) is 66.7 Å². The Bertz CT molecular complexity index is 1150. The zero-order valence-corrected chi connectivity index (χ0v) is 16.3. The minimum Gasteiger partial charge on any atom is -0.457 e. The third-order valence-electron chi connectivity index (χ3n) is 4.23. The smallest absolute Gasteiger partial charge is 0.335 e. The maximum Gasteiger partial charge on any atom is 0.335 e. The molecule has 0 aliphatic carbocycles. The number of carbonyl (C=O) groups excluding carboxylic acids is 3. The molecule has 6 nitrogen and oxygen atoms in total. The summed E-state index contributed by atoms with van der Waals surface area (Å²) >= 11 is 3.29.